The van der Waals surface area contributed by atoms with E-state index in [0.717, 1.165) is 0 Å². The Bertz CT molecular complexity index is 533. The largest absolute Gasteiger partial charge is 0.456 e. The standard InChI is InChI=1S/C16H21NO5/c1-11(17-15(20)22-16(2,3)4)14(19)21-10-13(18)12-8-6-5-7-9-12/h5-9,11H,10H2,1-4H3,(H,17,20). The highest BCUT2D eigenvalue weighted by Crippen LogP contribution is 2.07. The minimum atomic E-state index is -0.904. The van der Waals surface area contributed by atoms with Crippen molar-refractivity contribution in [1.29, 1.82) is 0 Å². The van der Waals surface area contributed by atoms with Gasteiger partial charge in [0.15, 0.2) is 12.4 Å². The summed E-state index contributed by atoms with van der Waals surface area (Å²) in [6, 6.07) is 7.61. The SMILES string of the molecule is CC(NC(=O)OC(C)(C)C)C(=O)OCC(=O)c1ccccc1. The molecule has 22 heavy (non-hydrogen) atoms. The van der Waals surface area contributed by atoms with Gasteiger partial charge >= 0.3 is 12.1 Å². The second kappa shape index (κ2) is 7.59. The Balaban J connectivity index is 2.42. The van der Waals surface area contributed by atoms with Crippen LogP contribution in [0.25, 0.3) is 0 Å². The fourth-order valence-electron chi connectivity index (χ4n) is 1.51. The topological polar surface area (TPSA) is 81.7 Å². The molecule has 1 rings (SSSR count). The van der Waals surface area contributed by atoms with E-state index in [1.165, 1.54) is 6.92 Å². The molecule has 0 saturated heterocycles. The normalized spacial score (nSPS) is 12.2. The lowest BCUT2D eigenvalue weighted by molar-refractivity contribution is -0.144. The molecule has 1 amide bonds. The molecule has 0 aromatic heterocycles. The van der Waals surface area contributed by atoms with Gasteiger partial charge in [0.1, 0.15) is 11.6 Å². The Hall–Kier alpha value is -2.37. The number of ether oxygens (including phenoxy) is 2. The Labute approximate surface area is 129 Å². The smallest absolute Gasteiger partial charge is 0.408 e. The van der Waals surface area contributed by atoms with E-state index in [2.05, 4.69) is 5.32 Å². The van der Waals surface area contributed by atoms with Gasteiger partial charge in [-0.25, -0.2) is 9.59 Å². The molecule has 1 aromatic carbocycles. The zero-order valence-corrected chi connectivity index (χ0v) is 13.2. The minimum absolute atomic E-state index is 0.307. The van der Waals surface area contributed by atoms with E-state index < -0.39 is 23.7 Å². The van der Waals surface area contributed by atoms with Gasteiger partial charge in [-0.15, -0.1) is 0 Å². The van der Waals surface area contributed by atoms with Crippen molar-refractivity contribution in [2.75, 3.05) is 6.61 Å². The molecule has 120 valence electrons. The lowest BCUT2D eigenvalue weighted by Gasteiger charge is -2.21. The van der Waals surface area contributed by atoms with Crippen molar-refractivity contribution in [2.45, 2.75) is 39.3 Å². The maximum Gasteiger partial charge on any atom is 0.408 e. The molecule has 0 saturated carbocycles. The van der Waals surface area contributed by atoms with E-state index in [-0.39, 0.29) is 12.4 Å². The van der Waals surface area contributed by atoms with E-state index in [9.17, 15) is 14.4 Å². The van der Waals surface area contributed by atoms with Crippen LogP contribution in [-0.2, 0) is 14.3 Å². The molecule has 0 spiro atoms. The summed E-state index contributed by atoms with van der Waals surface area (Å²) in [4.78, 5) is 35.1. The van der Waals surface area contributed by atoms with Crippen molar-refractivity contribution in [2.24, 2.45) is 0 Å². The first-order valence-electron chi connectivity index (χ1n) is 6.93. The lowest BCUT2D eigenvalue weighted by atomic mass is 10.1. The predicted octanol–water partition coefficient (Wildman–Crippen LogP) is 2.33. The van der Waals surface area contributed by atoms with E-state index in [1.807, 2.05) is 0 Å². The predicted molar refractivity (Wildman–Crippen MR) is 80.6 cm³/mol. The molecule has 0 heterocycles. The summed E-state index contributed by atoms with van der Waals surface area (Å²) in [6.07, 6.45) is -0.716. The van der Waals surface area contributed by atoms with Crippen LogP contribution in [0.4, 0.5) is 4.79 Å². The highest BCUT2D eigenvalue weighted by Gasteiger charge is 2.22. The number of amides is 1. The number of ketones is 1. The summed E-state index contributed by atoms with van der Waals surface area (Å²) >= 11 is 0. The van der Waals surface area contributed by atoms with Gasteiger partial charge in [0.25, 0.3) is 0 Å². The highest BCUT2D eigenvalue weighted by atomic mass is 16.6. The number of alkyl carbamates (subject to hydrolysis) is 1. The Kier molecular flexibility index (Phi) is 6.10. The number of Topliss-reactive ketones (excluding diaryl/α,β-unsaturated/α-hetero) is 1. The van der Waals surface area contributed by atoms with Crippen LogP contribution in [0.15, 0.2) is 30.3 Å². The lowest BCUT2D eigenvalue weighted by Crippen LogP contribution is -2.42. The van der Waals surface area contributed by atoms with Gasteiger partial charge in [0.2, 0.25) is 0 Å². The molecule has 1 unspecified atom stereocenters. The van der Waals surface area contributed by atoms with Crippen molar-refractivity contribution >= 4 is 17.8 Å². The van der Waals surface area contributed by atoms with Gasteiger partial charge in [0, 0.05) is 5.56 Å². The van der Waals surface area contributed by atoms with Gasteiger partial charge in [-0.05, 0) is 27.7 Å². The first-order valence-corrected chi connectivity index (χ1v) is 6.93. The molecule has 0 aliphatic rings. The van der Waals surface area contributed by atoms with Crippen molar-refractivity contribution in [3.05, 3.63) is 35.9 Å². The van der Waals surface area contributed by atoms with Crippen molar-refractivity contribution in [1.82, 2.24) is 5.32 Å². The van der Waals surface area contributed by atoms with Crippen molar-refractivity contribution in [3.8, 4) is 0 Å². The molecule has 1 N–H and O–H groups in total. The second-order valence-electron chi connectivity index (χ2n) is 5.76. The quantitative estimate of drug-likeness (QED) is 0.667. The molecule has 0 bridgehead atoms. The first kappa shape index (κ1) is 17.7. The summed E-state index contributed by atoms with van der Waals surface area (Å²) < 4.78 is 9.92. The molecule has 0 aliphatic heterocycles. The maximum absolute atomic E-state index is 11.8. The van der Waals surface area contributed by atoms with Gasteiger partial charge in [-0.1, -0.05) is 30.3 Å². The maximum atomic E-state index is 11.8. The van der Waals surface area contributed by atoms with Crippen LogP contribution < -0.4 is 5.32 Å². The molecule has 1 atom stereocenters. The van der Waals surface area contributed by atoms with Crippen molar-refractivity contribution in [3.63, 3.8) is 0 Å². The highest BCUT2D eigenvalue weighted by molar-refractivity contribution is 5.98. The van der Waals surface area contributed by atoms with Gasteiger partial charge in [-0.2, -0.15) is 0 Å². The average molecular weight is 307 g/mol. The Morgan fingerprint density at radius 3 is 2.27 bits per heavy atom. The monoisotopic (exact) mass is 307 g/mol. The molecule has 1 aromatic rings. The summed E-state index contributed by atoms with van der Waals surface area (Å²) in [7, 11) is 0. The van der Waals surface area contributed by atoms with Crippen LogP contribution in [0.2, 0.25) is 0 Å². The first-order chi connectivity index (χ1) is 10.2. The number of carbonyl (C=O) groups excluding carboxylic acids is 3. The number of esters is 1. The van der Waals surface area contributed by atoms with E-state index >= 15 is 0 Å². The Morgan fingerprint density at radius 1 is 1.14 bits per heavy atom. The van der Waals surface area contributed by atoms with Crippen LogP contribution in [0.5, 0.6) is 0 Å². The van der Waals surface area contributed by atoms with Crippen LogP contribution >= 0.6 is 0 Å². The summed E-state index contributed by atoms with van der Waals surface area (Å²) in [5, 5.41) is 2.35. The molecular formula is C16H21NO5. The average Bonchev–Trinajstić information content (AvgIpc) is 2.43. The fraction of sp³-hybridized carbons (Fsp3) is 0.438. The molecule has 0 fully saturated rings. The van der Waals surface area contributed by atoms with E-state index in [1.54, 1.807) is 51.1 Å². The van der Waals surface area contributed by atoms with E-state index in [4.69, 9.17) is 9.47 Å². The van der Waals surface area contributed by atoms with E-state index in [0.29, 0.717) is 5.56 Å². The second-order valence-corrected chi connectivity index (χ2v) is 5.76. The van der Waals surface area contributed by atoms with Crippen LogP contribution in [0, 0.1) is 0 Å². The molecule has 0 aliphatic carbocycles. The van der Waals surface area contributed by atoms with Gasteiger partial charge in [-0.3, -0.25) is 4.79 Å². The fourth-order valence-corrected chi connectivity index (χ4v) is 1.51. The van der Waals surface area contributed by atoms with Crippen LogP contribution in [0.1, 0.15) is 38.1 Å². The number of hydrogen-bond donors (Lipinski definition) is 1. The van der Waals surface area contributed by atoms with Crippen LogP contribution in [-0.4, -0.2) is 36.1 Å². The number of benzene rings is 1. The van der Waals surface area contributed by atoms with Crippen molar-refractivity contribution < 1.29 is 23.9 Å². The number of nitrogens with one attached hydrogen (secondary N) is 1. The third-order valence-electron chi connectivity index (χ3n) is 2.53. The summed E-state index contributed by atoms with van der Waals surface area (Å²) in [5.41, 5.74) is -0.195. The van der Waals surface area contributed by atoms with Gasteiger partial charge < -0.3 is 14.8 Å². The molecule has 0 radical (unpaired) electrons. The molecule has 6 nitrogen and oxygen atoms in total. The molecule has 6 heteroatoms. The third-order valence-corrected chi connectivity index (χ3v) is 2.53. The number of hydrogen-bond acceptors (Lipinski definition) is 5. The minimum Gasteiger partial charge on any atom is -0.456 e. The number of carbonyl (C=O) groups is 3. The summed E-state index contributed by atoms with van der Waals surface area (Å²) in [6.45, 7) is 6.23. The third kappa shape index (κ3) is 6.39. The molecular weight excluding hydrogens is 286 g/mol. The van der Waals surface area contributed by atoms with Gasteiger partial charge in [0.05, 0.1) is 0 Å². The van der Waals surface area contributed by atoms with Crippen LogP contribution in [0.3, 0.4) is 0 Å². The zero-order chi connectivity index (χ0) is 16.8. The number of rotatable bonds is 5. The summed E-state index contributed by atoms with van der Waals surface area (Å²) in [5.74, 6) is -1.01. The zero-order valence-electron chi connectivity index (χ0n) is 13.2. The Morgan fingerprint density at radius 2 is 1.73 bits per heavy atom.